The highest BCUT2D eigenvalue weighted by atomic mass is 32.7. The van der Waals surface area contributed by atoms with Crippen molar-refractivity contribution in [2.45, 2.75) is 37.3 Å². The van der Waals surface area contributed by atoms with Crippen molar-refractivity contribution in [1.29, 1.82) is 0 Å². The average Bonchev–Trinajstić information content (AvgIpc) is 3.77. The number of nitrogens with two attached hydrogens (primary N) is 1. The fourth-order valence-corrected chi connectivity index (χ4v) is 9.23. The zero-order chi connectivity index (χ0) is 32.0. The Labute approximate surface area is 269 Å². The minimum atomic E-state index is -4.00. The molecule has 3 fully saturated rings. The molecular formula is C24H26N10O8P2S2. The van der Waals surface area contributed by atoms with E-state index < -0.39 is 43.5 Å². The summed E-state index contributed by atoms with van der Waals surface area (Å²) >= 11 is 8.49. The van der Waals surface area contributed by atoms with Gasteiger partial charge in [0.1, 0.15) is 29.4 Å². The molecule has 0 aromatic carbocycles. The Morgan fingerprint density at radius 2 is 1.78 bits per heavy atom. The van der Waals surface area contributed by atoms with Gasteiger partial charge in [0, 0.05) is 30.8 Å². The molecule has 2 aliphatic heterocycles. The van der Waals surface area contributed by atoms with Crippen molar-refractivity contribution in [3.8, 4) is 0 Å². The van der Waals surface area contributed by atoms with Gasteiger partial charge in [0.15, 0.2) is 23.2 Å². The van der Waals surface area contributed by atoms with Crippen molar-refractivity contribution in [2.24, 2.45) is 11.8 Å². The molecule has 0 unspecified atom stereocenters. The van der Waals surface area contributed by atoms with E-state index in [0.29, 0.717) is 23.2 Å². The van der Waals surface area contributed by atoms with Gasteiger partial charge in [0.05, 0.1) is 32.0 Å². The molecule has 3 N–H and O–H groups in total. The lowest BCUT2D eigenvalue weighted by Crippen LogP contribution is -2.42. The van der Waals surface area contributed by atoms with Crippen molar-refractivity contribution in [3.63, 3.8) is 0 Å². The second-order valence-electron chi connectivity index (χ2n) is 11.2. The maximum Gasteiger partial charge on any atom is 0.436 e. The van der Waals surface area contributed by atoms with Crippen LogP contribution in [0, 0.1) is 11.8 Å². The van der Waals surface area contributed by atoms with Gasteiger partial charge in [-0.3, -0.25) is 18.4 Å². The number of imidazole rings is 3. The lowest BCUT2D eigenvalue weighted by molar-refractivity contribution is -0.0425. The smallest absolute Gasteiger partial charge is 0.422 e. The van der Waals surface area contributed by atoms with Gasteiger partial charge in [0.25, 0.3) is 5.56 Å². The van der Waals surface area contributed by atoms with E-state index in [4.69, 9.17) is 28.6 Å². The predicted molar refractivity (Wildman–Crippen MR) is 168 cm³/mol. The van der Waals surface area contributed by atoms with E-state index in [-0.39, 0.29) is 54.5 Å². The molecule has 2 bridgehead atoms. The van der Waals surface area contributed by atoms with E-state index >= 15 is 0 Å². The van der Waals surface area contributed by atoms with Crippen LogP contribution in [0.15, 0.2) is 48.5 Å². The predicted octanol–water partition coefficient (Wildman–Crippen LogP) is 3.30. The quantitative estimate of drug-likeness (QED) is 0.153. The fourth-order valence-electron chi connectivity index (χ4n) is 6.35. The number of aromatic nitrogens is 9. The topological polar surface area (TPSA) is 218 Å². The van der Waals surface area contributed by atoms with E-state index in [0.717, 1.165) is 0 Å². The molecule has 5 aromatic rings. The first-order valence-corrected chi connectivity index (χ1v) is 19.4. The Kier molecular flexibility index (Phi) is 7.15. The molecule has 8 atom stereocenters. The SMILES string of the molecule is C=C1O[P@](=O)(S)OC[C@@H]2C[C@@H](O[P@@](=O)(S)OC[C@H]3C[C@@H](n4cnc5c(N)ncnc54)[C@H]13)[C@H](n1cnc3c(=O)n4ccnc4[nH]c31)O2. The van der Waals surface area contributed by atoms with Crippen molar-refractivity contribution in [3.05, 3.63) is 54.1 Å². The van der Waals surface area contributed by atoms with E-state index in [1.165, 1.54) is 29.4 Å². The average molecular weight is 709 g/mol. The molecule has 0 amide bonds. The van der Waals surface area contributed by atoms with E-state index in [2.05, 4.69) is 61.0 Å². The van der Waals surface area contributed by atoms with Crippen LogP contribution in [-0.2, 0) is 32.0 Å². The summed E-state index contributed by atoms with van der Waals surface area (Å²) in [5.74, 6) is -0.162. The molecule has 1 aliphatic carbocycles. The summed E-state index contributed by atoms with van der Waals surface area (Å²) in [4.78, 5) is 37.1. The van der Waals surface area contributed by atoms with Gasteiger partial charge in [-0.2, -0.15) is 0 Å². The summed E-state index contributed by atoms with van der Waals surface area (Å²) in [6, 6.07) is -0.302. The second-order valence-corrected chi connectivity index (χ2v) is 16.9. The fraction of sp³-hybridized carbons (Fsp3) is 0.417. The van der Waals surface area contributed by atoms with Crippen LogP contribution in [0.4, 0.5) is 5.82 Å². The Balaban J connectivity index is 1.10. The third kappa shape index (κ3) is 5.07. The molecule has 3 aliphatic rings. The van der Waals surface area contributed by atoms with E-state index in [9.17, 15) is 13.9 Å². The molecule has 46 heavy (non-hydrogen) atoms. The minimum Gasteiger partial charge on any atom is -0.422 e. The van der Waals surface area contributed by atoms with Gasteiger partial charge < -0.3 is 29.1 Å². The molecule has 0 spiro atoms. The standard InChI is InChI=1S/C24H26N10O8P2S2/c1-11-16-12(4-14(16)33-9-29-17-19(25)27-8-28-20(17)33)6-38-44(37,46)42-15-5-13(7-39-43(36,45)41-11)40-23(15)34-10-30-18-21(34)31-24-26-2-3-32(24)22(18)35/h2-3,8-10,12-16,23H,1,4-7H2,(H,26,31)(H,36,45)(H,37,46)(H2,25,27,28)/t12-,13+,14-,15-,16-,23-,43-,44+/m1/s1. The van der Waals surface area contributed by atoms with Crippen LogP contribution in [-0.4, -0.2) is 68.9 Å². The maximum atomic E-state index is 13.6. The van der Waals surface area contributed by atoms with Crippen LogP contribution in [0.1, 0.15) is 25.1 Å². The number of H-pyrrole nitrogens is 1. The highest BCUT2D eigenvalue weighted by Crippen LogP contribution is 2.62. The normalized spacial score (nSPS) is 33.9. The van der Waals surface area contributed by atoms with Crippen LogP contribution >= 0.6 is 38.1 Å². The van der Waals surface area contributed by atoms with Gasteiger partial charge >= 0.3 is 13.6 Å². The largest absolute Gasteiger partial charge is 0.436 e. The lowest BCUT2D eigenvalue weighted by atomic mass is 9.68. The van der Waals surface area contributed by atoms with Gasteiger partial charge in [-0.25, -0.2) is 38.5 Å². The Morgan fingerprint density at radius 3 is 2.63 bits per heavy atom. The van der Waals surface area contributed by atoms with Gasteiger partial charge in [-0.05, 0) is 24.6 Å². The molecular weight excluding hydrogens is 682 g/mol. The number of allylic oxidation sites excluding steroid dienone is 1. The molecule has 1 saturated carbocycles. The lowest BCUT2D eigenvalue weighted by Gasteiger charge is -2.45. The summed E-state index contributed by atoms with van der Waals surface area (Å²) in [5.41, 5.74) is 6.95. The van der Waals surface area contributed by atoms with Crippen LogP contribution in [0.5, 0.6) is 0 Å². The minimum absolute atomic E-state index is 0.0628. The summed E-state index contributed by atoms with van der Waals surface area (Å²) in [6.45, 7) is -4.24. The van der Waals surface area contributed by atoms with Crippen molar-refractivity contribution in [2.75, 3.05) is 18.9 Å². The van der Waals surface area contributed by atoms with Crippen molar-refractivity contribution >= 4 is 72.0 Å². The van der Waals surface area contributed by atoms with Crippen LogP contribution < -0.4 is 11.3 Å². The number of nitrogens with one attached hydrogen (secondary N) is 1. The maximum absolute atomic E-state index is 13.6. The van der Waals surface area contributed by atoms with E-state index in [1.807, 2.05) is 4.57 Å². The number of nitrogens with zero attached hydrogens (tertiary/aromatic N) is 8. The number of hydrogen-bond donors (Lipinski definition) is 4. The zero-order valence-electron chi connectivity index (χ0n) is 23.6. The molecule has 22 heteroatoms. The number of thiol groups is 2. The molecule has 7 heterocycles. The summed E-state index contributed by atoms with van der Waals surface area (Å²) in [6.07, 6.45) is 5.36. The van der Waals surface area contributed by atoms with Crippen LogP contribution in [0.25, 0.3) is 28.1 Å². The zero-order valence-corrected chi connectivity index (χ0v) is 27.2. The number of anilines is 1. The molecule has 18 nitrogen and oxygen atoms in total. The monoisotopic (exact) mass is 708 g/mol. The third-order valence-corrected chi connectivity index (χ3v) is 11.6. The first kappa shape index (κ1) is 30.1. The molecule has 242 valence electrons. The number of hydrogen-bond acceptors (Lipinski definition) is 14. The summed E-state index contributed by atoms with van der Waals surface area (Å²) in [5, 5.41) is 0. The first-order valence-electron chi connectivity index (χ1n) is 14.0. The molecule has 8 rings (SSSR count). The van der Waals surface area contributed by atoms with Crippen molar-refractivity contribution < 1.29 is 32.0 Å². The second kappa shape index (κ2) is 10.9. The van der Waals surface area contributed by atoms with Crippen LogP contribution in [0.3, 0.4) is 0 Å². The van der Waals surface area contributed by atoms with Gasteiger partial charge in [-0.15, -0.1) is 0 Å². The molecule has 5 aromatic heterocycles. The Hall–Kier alpha value is -3.22. The number of aromatic amines is 1. The number of rotatable bonds is 2. The summed E-state index contributed by atoms with van der Waals surface area (Å²) < 4.78 is 61.2. The number of fused-ring (bicyclic) bond motifs is 6. The molecule has 0 radical (unpaired) electrons. The van der Waals surface area contributed by atoms with Crippen LogP contribution in [0.2, 0.25) is 0 Å². The first-order chi connectivity index (χ1) is 22.0. The third-order valence-electron chi connectivity index (χ3n) is 8.46. The highest BCUT2D eigenvalue weighted by Gasteiger charge is 2.49. The van der Waals surface area contributed by atoms with Crippen molar-refractivity contribution in [1.82, 2.24) is 43.4 Å². The number of ether oxygens (including phenoxy) is 1. The summed E-state index contributed by atoms with van der Waals surface area (Å²) in [7, 11) is 0. The van der Waals surface area contributed by atoms with Gasteiger partial charge in [0.2, 0.25) is 5.78 Å². The Bertz CT molecular complexity index is 2190. The van der Waals surface area contributed by atoms with E-state index in [1.54, 1.807) is 10.9 Å². The molecule has 2 saturated heterocycles. The Morgan fingerprint density at radius 1 is 1.00 bits per heavy atom. The number of nitrogen functional groups attached to an aromatic ring is 1. The van der Waals surface area contributed by atoms with Gasteiger partial charge in [-0.1, -0.05) is 18.8 Å². The highest BCUT2D eigenvalue weighted by molar-refractivity contribution is 8.44.